The van der Waals surface area contributed by atoms with Gasteiger partial charge in [0, 0.05) is 12.6 Å². The molecule has 1 aromatic rings. The fourth-order valence-electron chi connectivity index (χ4n) is 2.49. The fraction of sp³-hybridized carbons (Fsp3) is 0.571. The second-order valence-corrected chi connectivity index (χ2v) is 5.00. The fourth-order valence-corrected chi connectivity index (χ4v) is 2.49. The van der Waals surface area contributed by atoms with Gasteiger partial charge in [-0.15, -0.1) is 0 Å². The maximum atomic E-state index is 13.6. The molecule has 0 bridgehead atoms. The minimum Gasteiger partial charge on any atom is -0.378 e. The summed E-state index contributed by atoms with van der Waals surface area (Å²) in [5.41, 5.74) is 3.02. The Kier molecular flexibility index (Phi) is 5.24. The smallest absolute Gasteiger partial charge is 0.162 e. The van der Waals surface area contributed by atoms with Gasteiger partial charge >= 0.3 is 0 Å². The van der Waals surface area contributed by atoms with Crippen LogP contribution in [0.3, 0.4) is 0 Å². The van der Waals surface area contributed by atoms with Crippen molar-refractivity contribution in [3.63, 3.8) is 0 Å². The number of benzene rings is 1. The molecule has 0 spiro atoms. The van der Waals surface area contributed by atoms with Crippen molar-refractivity contribution in [2.24, 2.45) is 5.84 Å². The number of halogens is 2. The van der Waals surface area contributed by atoms with E-state index in [1.54, 1.807) is 6.07 Å². The molecule has 106 valence electrons. The van der Waals surface area contributed by atoms with E-state index in [1.165, 1.54) is 6.07 Å². The Balaban J connectivity index is 1.96. The van der Waals surface area contributed by atoms with Crippen LogP contribution in [0.2, 0.25) is 0 Å². The summed E-state index contributed by atoms with van der Waals surface area (Å²) in [5, 5.41) is 0. The predicted octanol–water partition coefficient (Wildman–Crippen LogP) is 2.30. The molecule has 19 heavy (non-hydrogen) atoms. The molecule has 0 aromatic heterocycles. The van der Waals surface area contributed by atoms with Crippen molar-refractivity contribution < 1.29 is 13.5 Å². The van der Waals surface area contributed by atoms with Gasteiger partial charge in [-0.2, -0.15) is 0 Å². The Morgan fingerprint density at radius 3 is 2.89 bits per heavy atom. The van der Waals surface area contributed by atoms with Gasteiger partial charge in [0.2, 0.25) is 0 Å². The highest BCUT2D eigenvalue weighted by molar-refractivity contribution is 5.20. The molecule has 3 nitrogen and oxygen atoms in total. The number of hydrogen-bond acceptors (Lipinski definition) is 3. The van der Waals surface area contributed by atoms with Gasteiger partial charge in [-0.3, -0.25) is 11.3 Å². The van der Waals surface area contributed by atoms with Crippen LogP contribution >= 0.6 is 0 Å². The summed E-state index contributed by atoms with van der Waals surface area (Å²) < 4.78 is 32.4. The minimum atomic E-state index is -0.817. The number of nitrogens with two attached hydrogens (primary N) is 1. The Morgan fingerprint density at radius 2 is 2.21 bits per heavy atom. The van der Waals surface area contributed by atoms with E-state index in [9.17, 15) is 8.78 Å². The molecule has 5 heteroatoms. The number of hydrazine groups is 1. The van der Waals surface area contributed by atoms with Crippen LogP contribution in [-0.4, -0.2) is 18.8 Å². The number of nitrogens with one attached hydrogen (secondary N) is 1. The quantitative estimate of drug-likeness (QED) is 0.637. The molecule has 1 aliphatic heterocycles. The van der Waals surface area contributed by atoms with Gasteiger partial charge in [0.15, 0.2) is 11.6 Å². The van der Waals surface area contributed by atoms with Crippen molar-refractivity contribution in [1.82, 2.24) is 5.43 Å². The Hall–Kier alpha value is -1.04. The number of rotatable bonds is 5. The van der Waals surface area contributed by atoms with Crippen molar-refractivity contribution in [2.45, 2.75) is 44.2 Å². The summed E-state index contributed by atoms with van der Waals surface area (Å²) in [6, 6.07) is 4.11. The largest absolute Gasteiger partial charge is 0.378 e. The summed E-state index contributed by atoms with van der Waals surface area (Å²) in [6.45, 7) is 0.774. The lowest BCUT2D eigenvalue weighted by molar-refractivity contribution is 0.00518. The highest BCUT2D eigenvalue weighted by atomic mass is 19.2. The topological polar surface area (TPSA) is 47.3 Å². The van der Waals surface area contributed by atoms with E-state index < -0.39 is 11.6 Å². The number of hydrogen-bond donors (Lipinski definition) is 2. The van der Waals surface area contributed by atoms with Crippen molar-refractivity contribution in [2.75, 3.05) is 6.61 Å². The summed E-state index contributed by atoms with van der Waals surface area (Å²) in [6.07, 6.45) is 4.48. The van der Waals surface area contributed by atoms with Crippen LogP contribution in [0.1, 0.15) is 31.2 Å². The van der Waals surface area contributed by atoms with Gasteiger partial charge in [0.05, 0.1) is 6.10 Å². The molecule has 1 saturated heterocycles. The first-order chi connectivity index (χ1) is 9.20. The standard InChI is InChI=1S/C14H20F2N2O/c15-13-6-3-4-10(14(13)16)8-11(18-17)9-12-5-1-2-7-19-12/h3-4,6,11-12,18H,1-2,5,7-9,17H2. The summed E-state index contributed by atoms with van der Waals surface area (Å²) in [7, 11) is 0. The van der Waals surface area contributed by atoms with Crippen molar-refractivity contribution in [1.29, 1.82) is 0 Å². The Labute approximate surface area is 112 Å². The van der Waals surface area contributed by atoms with Gasteiger partial charge < -0.3 is 4.74 Å². The summed E-state index contributed by atoms with van der Waals surface area (Å²) in [5.74, 6) is 3.90. The molecule has 1 aliphatic rings. The lowest BCUT2D eigenvalue weighted by atomic mass is 9.97. The van der Waals surface area contributed by atoms with Gasteiger partial charge in [0.25, 0.3) is 0 Å². The van der Waals surface area contributed by atoms with E-state index in [-0.39, 0.29) is 12.1 Å². The molecule has 0 radical (unpaired) electrons. The Morgan fingerprint density at radius 1 is 1.37 bits per heavy atom. The summed E-state index contributed by atoms with van der Waals surface area (Å²) in [4.78, 5) is 0. The molecule has 2 unspecified atom stereocenters. The molecule has 1 aromatic carbocycles. The first-order valence-corrected chi connectivity index (χ1v) is 6.71. The molecule has 2 atom stereocenters. The average molecular weight is 270 g/mol. The third kappa shape index (κ3) is 3.96. The van der Waals surface area contributed by atoms with Gasteiger partial charge in [0.1, 0.15) is 0 Å². The number of ether oxygens (including phenoxy) is 1. The van der Waals surface area contributed by atoms with E-state index in [0.29, 0.717) is 18.4 Å². The molecule has 1 fully saturated rings. The molecule has 3 N–H and O–H groups in total. The highest BCUT2D eigenvalue weighted by Gasteiger charge is 2.20. The lowest BCUT2D eigenvalue weighted by Gasteiger charge is -2.26. The molecular formula is C14H20F2N2O. The Bertz CT molecular complexity index is 408. The minimum absolute atomic E-state index is 0.112. The molecular weight excluding hydrogens is 250 g/mol. The average Bonchev–Trinajstić information content (AvgIpc) is 2.44. The third-order valence-corrected chi connectivity index (χ3v) is 3.55. The van der Waals surface area contributed by atoms with Gasteiger partial charge in [-0.05, 0) is 43.7 Å². The monoisotopic (exact) mass is 270 g/mol. The van der Waals surface area contributed by atoms with E-state index >= 15 is 0 Å². The maximum absolute atomic E-state index is 13.6. The van der Waals surface area contributed by atoms with Crippen molar-refractivity contribution in [3.05, 3.63) is 35.4 Å². The van der Waals surface area contributed by atoms with Crippen LogP contribution in [0, 0.1) is 11.6 Å². The third-order valence-electron chi connectivity index (χ3n) is 3.55. The van der Waals surface area contributed by atoms with Crippen LogP contribution in [0.5, 0.6) is 0 Å². The van der Waals surface area contributed by atoms with Gasteiger partial charge in [-0.25, -0.2) is 8.78 Å². The summed E-state index contributed by atoms with van der Waals surface area (Å²) >= 11 is 0. The SMILES string of the molecule is NNC(Cc1cccc(F)c1F)CC1CCCCO1. The zero-order valence-electron chi connectivity index (χ0n) is 10.9. The second-order valence-electron chi connectivity index (χ2n) is 5.00. The normalized spacial score (nSPS) is 21.3. The van der Waals surface area contributed by atoms with Gasteiger partial charge in [-0.1, -0.05) is 12.1 Å². The molecule has 0 saturated carbocycles. The van der Waals surface area contributed by atoms with E-state index in [0.717, 1.165) is 31.9 Å². The van der Waals surface area contributed by atoms with Crippen LogP contribution in [-0.2, 0) is 11.2 Å². The second kappa shape index (κ2) is 6.93. The van der Waals surface area contributed by atoms with Crippen LogP contribution in [0.4, 0.5) is 8.78 Å². The first-order valence-electron chi connectivity index (χ1n) is 6.71. The van der Waals surface area contributed by atoms with E-state index in [2.05, 4.69) is 5.43 Å². The van der Waals surface area contributed by atoms with E-state index in [1.807, 2.05) is 0 Å². The maximum Gasteiger partial charge on any atom is 0.162 e. The van der Waals surface area contributed by atoms with Crippen molar-refractivity contribution >= 4 is 0 Å². The molecule has 2 rings (SSSR count). The van der Waals surface area contributed by atoms with Crippen LogP contribution in [0.25, 0.3) is 0 Å². The van der Waals surface area contributed by atoms with E-state index in [4.69, 9.17) is 10.6 Å². The predicted molar refractivity (Wildman–Crippen MR) is 69.4 cm³/mol. The van der Waals surface area contributed by atoms with Crippen LogP contribution in [0.15, 0.2) is 18.2 Å². The zero-order valence-corrected chi connectivity index (χ0v) is 10.9. The molecule has 0 aliphatic carbocycles. The molecule has 0 amide bonds. The van der Waals surface area contributed by atoms with Crippen LogP contribution < -0.4 is 11.3 Å². The van der Waals surface area contributed by atoms with Crippen molar-refractivity contribution in [3.8, 4) is 0 Å². The lowest BCUT2D eigenvalue weighted by Crippen LogP contribution is -2.40. The highest BCUT2D eigenvalue weighted by Crippen LogP contribution is 2.20. The molecule has 1 heterocycles. The first kappa shape index (κ1) is 14.4. The zero-order chi connectivity index (χ0) is 13.7.